The van der Waals surface area contributed by atoms with Crippen LogP contribution in [0.25, 0.3) is 0 Å². The van der Waals surface area contributed by atoms with Gasteiger partial charge in [0, 0.05) is 33.8 Å². The summed E-state index contributed by atoms with van der Waals surface area (Å²) in [5.41, 5.74) is 0.723. The highest BCUT2D eigenvalue weighted by molar-refractivity contribution is 5.80. The summed E-state index contributed by atoms with van der Waals surface area (Å²) >= 11 is 0. The number of ether oxygens (including phenoxy) is 1. The highest BCUT2D eigenvalue weighted by Crippen LogP contribution is 2.45. The van der Waals surface area contributed by atoms with Crippen LogP contribution in [0, 0.1) is 10.8 Å². The third-order valence-corrected chi connectivity index (χ3v) is 5.31. The van der Waals surface area contributed by atoms with E-state index in [0.717, 1.165) is 19.0 Å². The van der Waals surface area contributed by atoms with Crippen molar-refractivity contribution in [3.8, 4) is 0 Å². The van der Waals surface area contributed by atoms with Gasteiger partial charge in [-0.1, -0.05) is 33.6 Å². The van der Waals surface area contributed by atoms with Gasteiger partial charge < -0.3 is 15.0 Å². The van der Waals surface area contributed by atoms with Gasteiger partial charge in [0.25, 0.3) is 0 Å². The fourth-order valence-corrected chi connectivity index (χ4v) is 3.91. The normalized spacial score (nSPS) is 23.9. The number of nitrogens with one attached hydrogen (secondary N) is 1. The molecule has 1 saturated heterocycles. The highest BCUT2D eigenvalue weighted by Gasteiger charge is 2.41. The number of hydrogen-bond acceptors (Lipinski definition) is 2. The van der Waals surface area contributed by atoms with Crippen LogP contribution in [0.4, 0.5) is 0 Å². The number of methoxy groups -OCH3 is 1. The maximum absolute atomic E-state index is 5.63. The first-order chi connectivity index (χ1) is 9.90. The van der Waals surface area contributed by atoms with Gasteiger partial charge in [-0.25, -0.2) is 0 Å². The van der Waals surface area contributed by atoms with Crippen molar-refractivity contribution in [2.75, 3.05) is 33.8 Å². The molecule has 1 aliphatic heterocycles. The van der Waals surface area contributed by atoms with Gasteiger partial charge >= 0.3 is 0 Å². The summed E-state index contributed by atoms with van der Waals surface area (Å²) in [5.74, 6) is 1.05. The molecule has 1 saturated carbocycles. The summed E-state index contributed by atoms with van der Waals surface area (Å²) < 4.78 is 5.63. The lowest BCUT2D eigenvalue weighted by molar-refractivity contribution is 0.0201. The summed E-state index contributed by atoms with van der Waals surface area (Å²) in [7, 11) is 3.69. The average Bonchev–Trinajstić information content (AvgIpc) is 3.04. The molecule has 21 heavy (non-hydrogen) atoms. The van der Waals surface area contributed by atoms with Gasteiger partial charge in [-0.2, -0.15) is 0 Å². The second-order valence-corrected chi connectivity index (χ2v) is 7.90. The van der Waals surface area contributed by atoms with Gasteiger partial charge in [-0.15, -0.1) is 0 Å². The molecule has 0 bridgehead atoms. The molecule has 2 rings (SSSR count). The lowest BCUT2D eigenvalue weighted by Crippen LogP contribution is -2.46. The SMILES string of the molecule is CN=C(NCC(OC)C(C)(C)C)N1CCC2(CCCC2)C1. The van der Waals surface area contributed by atoms with Crippen LogP contribution in [0.3, 0.4) is 0 Å². The Bertz CT molecular complexity index is 367. The van der Waals surface area contributed by atoms with Crippen molar-refractivity contribution in [3.05, 3.63) is 0 Å². The Labute approximate surface area is 130 Å². The fraction of sp³-hybridized carbons (Fsp3) is 0.941. The fourth-order valence-electron chi connectivity index (χ4n) is 3.91. The number of guanidine groups is 1. The first kappa shape index (κ1) is 16.6. The summed E-state index contributed by atoms with van der Waals surface area (Å²) in [6.07, 6.45) is 7.16. The Morgan fingerprint density at radius 1 is 1.29 bits per heavy atom. The number of hydrogen-bond donors (Lipinski definition) is 1. The van der Waals surface area contributed by atoms with Crippen molar-refractivity contribution in [3.63, 3.8) is 0 Å². The van der Waals surface area contributed by atoms with Gasteiger partial charge in [0.1, 0.15) is 0 Å². The Morgan fingerprint density at radius 3 is 2.48 bits per heavy atom. The molecule has 1 spiro atoms. The average molecular weight is 295 g/mol. The molecule has 1 atom stereocenters. The van der Waals surface area contributed by atoms with E-state index in [2.05, 4.69) is 36.0 Å². The molecule has 1 unspecified atom stereocenters. The van der Waals surface area contributed by atoms with Crippen molar-refractivity contribution in [2.45, 2.75) is 59.0 Å². The van der Waals surface area contributed by atoms with Crippen molar-refractivity contribution in [1.82, 2.24) is 10.2 Å². The van der Waals surface area contributed by atoms with Crippen LogP contribution < -0.4 is 5.32 Å². The predicted molar refractivity (Wildman–Crippen MR) is 88.7 cm³/mol. The van der Waals surface area contributed by atoms with Crippen molar-refractivity contribution >= 4 is 5.96 Å². The summed E-state index contributed by atoms with van der Waals surface area (Å²) in [6.45, 7) is 9.79. The Kier molecular flexibility index (Phi) is 5.18. The minimum atomic E-state index is 0.137. The van der Waals surface area contributed by atoms with Crippen LogP contribution in [0.15, 0.2) is 4.99 Å². The maximum Gasteiger partial charge on any atom is 0.193 e. The van der Waals surface area contributed by atoms with Crippen LogP contribution in [0.1, 0.15) is 52.9 Å². The first-order valence-corrected chi connectivity index (χ1v) is 8.39. The third-order valence-electron chi connectivity index (χ3n) is 5.31. The maximum atomic E-state index is 5.63. The smallest absolute Gasteiger partial charge is 0.193 e. The Balaban J connectivity index is 1.89. The molecule has 0 aromatic heterocycles. The molecule has 1 heterocycles. The highest BCUT2D eigenvalue weighted by atomic mass is 16.5. The zero-order valence-corrected chi connectivity index (χ0v) is 14.5. The molecule has 0 amide bonds. The minimum absolute atomic E-state index is 0.137. The summed E-state index contributed by atoms with van der Waals surface area (Å²) in [6, 6.07) is 0. The van der Waals surface area contributed by atoms with E-state index in [4.69, 9.17) is 4.74 Å². The van der Waals surface area contributed by atoms with Crippen molar-refractivity contribution in [2.24, 2.45) is 15.8 Å². The van der Waals surface area contributed by atoms with E-state index in [0.29, 0.717) is 5.41 Å². The minimum Gasteiger partial charge on any atom is -0.379 e. The molecule has 0 aromatic carbocycles. The zero-order valence-electron chi connectivity index (χ0n) is 14.5. The van der Waals surface area contributed by atoms with Gasteiger partial charge in [0.05, 0.1) is 6.10 Å². The van der Waals surface area contributed by atoms with E-state index in [1.807, 2.05) is 7.05 Å². The molecule has 4 nitrogen and oxygen atoms in total. The zero-order chi connectivity index (χ0) is 15.5. The molecule has 1 N–H and O–H groups in total. The molecule has 122 valence electrons. The number of rotatable bonds is 3. The summed E-state index contributed by atoms with van der Waals surface area (Å²) in [4.78, 5) is 6.93. The molecule has 0 radical (unpaired) electrons. The Morgan fingerprint density at radius 2 is 1.95 bits per heavy atom. The summed E-state index contributed by atoms with van der Waals surface area (Å²) in [5, 5.41) is 3.53. The number of nitrogens with zero attached hydrogens (tertiary/aromatic N) is 2. The largest absolute Gasteiger partial charge is 0.379 e. The van der Waals surface area contributed by atoms with Crippen LogP contribution >= 0.6 is 0 Å². The van der Waals surface area contributed by atoms with Crippen LogP contribution in [-0.2, 0) is 4.74 Å². The predicted octanol–water partition coefficient (Wildman–Crippen LogP) is 2.89. The van der Waals surface area contributed by atoms with Gasteiger partial charge in [-0.3, -0.25) is 4.99 Å². The van der Waals surface area contributed by atoms with E-state index in [1.54, 1.807) is 7.11 Å². The quantitative estimate of drug-likeness (QED) is 0.642. The molecular formula is C17H33N3O. The molecule has 4 heteroatoms. The van der Waals surface area contributed by atoms with Gasteiger partial charge in [0.15, 0.2) is 5.96 Å². The molecule has 2 aliphatic rings. The number of aliphatic imine (C=N–C) groups is 1. The topological polar surface area (TPSA) is 36.9 Å². The molecule has 1 aliphatic carbocycles. The molecule has 2 fully saturated rings. The first-order valence-electron chi connectivity index (χ1n) is 8.39. The van der Waals surface area contributed by atoms with Crippen LogP contribution in [0.5, 0.6) is 0 Å². The molecular weight excluding hydrogens is 262 g/mol. The van der Waals surface area contributed by atoms with Gasteiger partial charge in [-0.05, 0) is 30.1 Å². The van der Waals surface area contributed by atoms with Crippen LogP contribution in [0.2, 0.25) is 0 Å². The lowest BCUT2D eigenvalue weighted by Gasteiger charge is -2.31. The second kappa shape index (κ2) is 6.55. The second-order valence-electron chi connectivity index (χ2n) is 7.90. The van der Waals surface area contributed by atoms with Crippen molar-refractivity contribution < 1.29 is 4.74 Å². The van der Waals surface area contributed by atoms with E-state index in [-0.39, 0.29) is 11.5 Å². The van der Waals surface area contributed by atoms with Crippen LogP contribution in [-0.4, -0.2) is 50.8 Å². The van der Waals surface area contributed by atoms with E-state index < -0.39 is 0 Å². The number of likely N-dealkylation sites (tertiary alicyclic amines) is 1. The van der Waals surface area contributed by atoms with Gasteiger partial charge in [0.2, 0.25) is 0 Å². The van der Waals surface area contributed by atoms with E-state index >= 15 is 0 Å². The molecule has 0 aromatic rings. The lowest BCUT2D eigenvalue weighted by atomic mass is 9.86. The standard InChI is InChI=1S/C17H33N3O/c1-16(2,3)14(21-5)12-19-15(18-4)20-11-10-17(13-20)8-6-7-9-17/h14H,6-13H2,1-5H3,(H,18,19). The van der Waals surface area contributed by atoms with E-state index in [9.17, 15) is 0 Å². The Hall–Kier alpha value is -0.770. The monoisotopic (exact) mass is 295 g/mol. The van der Waals surface area contributed by atoms with Crippen molar-refractivity contribution in [1.29, 1.82) is 0 Å². The third kappa shape index (κ3) is 3.91. The van der Waals surface area contributed by atoms with E-state index in [1.165, 1.54) is 38.6 Å².